The highest BCUT2D eigenvalue weighted by molar-refractivity contribution is 7.97. The van der Waals surface area contributed by atoms with Crippen molar-refractivity contribution >= 4 is 66.3 Å². The zero-order chi connectivity index (χ0) is 50.1. The first-order valence-electron chi connectivity index (χ1n) is 22.3. The van der Waals surface area contributed by atoms with Crippen LogP contribution in [0, 0.1) is 18.6 Å². The summed E-state index contributed by atoms with van der Waals surface area (Å²) < 4.78 is 55.7. The zero-order valence-electron chi connectivity index (χ0n) is 40.2. The molecule has 0 aliphatic rings. The predicted octanol–water partition coefficient (Wildman–Crippen LogP) is 7.73. The first kappa shape index (κ1) is 58.5. The van der Waals surface area contributed by atoms with Crippen molar-refractivity contribution < 1.29 is 42.1 Å². The van der Waals surface area contributed by atoms with Gasteiger partial charge in [-0.25, -0.2) is 18.7 Å². The summed E-state index contributed by atoms with van der Waals surface area (Å²) in [7, 11) is 3.42. The van der Waals surface area contributed by atoms with E-state index in [4.69, 9.17) is 23.7 Å². The lowest BCUT2D eigenvalue weighted by molar-refractivity contribution is -0.122. The van der Waals surface area contributed by atoms with Crippen molar-refractivity contribution in [3.05, 3.63) is 96.2 Å². The average Bonchev–Trinajstić information content (AvgIpc) is 3.35. The summed E-state index contributed by atoms with van der Waals surface area (Å²) in [4.78, 5) is 45.4. The van der Waals surface area contributed by atoms with Gasteiger partial charge in [-0.2, -0.15) is 0 Å². The quantitative estimate of drug-likeness (QED) is 0.0108. The van der Waals surface area contributed by atoms with Crippen molar-refractivity contribution in [2.75, 3.05) is 102 Å². The molecule has 68 heavy (non-hydrogen) atoms. The van der Waals surface area contributed by atoms with Crippen LogP contribution in [0.5, 0.6) is 0 Å². The maximum Gasteiger partial charge on any atom is 0.236 e. The number of anilines is 4. The third-order valence-corrected chi connectivity index (χ3v) is 10.7. The van der Waals surface area contributed by atoms with E-state index >= 15 is 4.39 Å². The average molecular weight is 966 g/mol. The minimum Gasteiger partial charge on any atom is -0.382 e. The van der Waals surface area contributed by atoms with Gasteiger partial charge in [0.05, 0.1) is 70.8 Å². The fourth-order valence-corrected chi connectivity index (χ4v) is 7.01. The van der Waals surface area contributed by atoms with Gasteiger partial charge in [-0.1, -0.05) is 18.2 Å². The van der Waals surface area contributed by atoms with Gasteiger partial charge in [0.15, 0.2) is 11.6 Å². The molecule has 1 atom stereocenters. The van der Waals surface area contributed by atoms with Gasteiger partial charge in [0.25, 0.3) is 0 Å². The van der Waals surface area contributed by atoms with Crippen LogP contribution in [0.3, 0.4) is 0 Å². The first-order valence-corrected chi connectivity index (χ1v) is 23.1. The summed E-state index contributed by atoms with van der Waals surface area (Å²) in [5, 5.41) is 11.9. The number of allylic oxidation sites excluding steroid dienone is 1. The first-order chi connectivity index (χ1) is 33.0. The number of nitrogens with one attached hydrogen (secondary N) is 5. The fraction of sp³-hybridized carbons (Fsp3) is 0.429. The predicted molar refractivity (Wildman–Crippen MR) is 270 cm³/mol. The summed E-state index contributed by atoms with van der Waals surface area (Å²) in [5.74, 6) is -1.06. The second kappa shape index (κ2) is 34.6. The topological polar surface area (TPSA) is 190 Å². The summed E-state index contributed by atoms with van der Waals surface area (Å²) in [6.45, 7) is 22.8. The zero-order valence-corrected chi connectivity index (χ0v) is 41.0. The van der Waals surface area contributed by atoms with E-state index in [0.29, 0.717) is 89.4 Å². The number of benzene rings is 3. The van der Waals surface area contributed by atoms with E-state index in [1.54, 1.807) is 26.2 Å². The molecule has 0 radical (unpaired) electrons. The molecule has 372 valence electrons. The van der Waals surface area contributed by atoms with Crippen LogP contribution in [0.15, 0.2) is 83.3 Å². The normalized spacial score (nSPS) is 11.1. The lowest BCUT2D eigenvalue weighted by atomic mass is 10.1. The van der Waals surface area contributed by atoms with Gasteiger partial charge in [-0.3, -0.25) is 19.3 Å². The largest absolute Gasteiger partial charge is 0.382 e. The number of ether oxygens (including phenoxy) is 4. The minimum atomic E-state index is -0.669. The van der Waals surface area contributed by atoms with Gasteiger partial charge in [0.2, 0.25) is 11.9 Å². The Bertz CT molecular complexity index is 2100. The number of hydrogen-bond donors (Lipinski definition) is 5. The molecule has 19 heteroatoms. The van der Waals surface area contributed by atoms with E-state index in [1.165, 1.54) is 18.0 Å². The molecule has 5 N–H and O–H groups in total. The number of carbonyl (C=O) groups is 3. The molecule has 4 aromatic rings. The molecule has 0 spiro atoms. The molecule has 1 amide bonds. The number of hydrogen-bond acceptors (Lipinski definition) is 16. The number of likely N-dealkylation sites (N-methyl/N-ethyl adjacent to an activating group) is 2. The van der Waals surface area contributed by atoms with E-state index < -0.39 is 11.6 Å². The standard InChI is InChI=1S/C40H51F2N7O5S.C8H16N2O.CH2O/c1-6-49(28(2)3)37-25-31(24-34(41)39(37)43-5)38-35(42)26-45-40(48-38)47-32-10-12-33(13-11-32)55-46-15-17-52-19-21-54-23-22-53-20-18-51-16-14-44-36-9-7-8-30(27-50)29(36)4;1-4-5-6-7(9-2)8(11)10-3;1-2/h7-13,24-28,44,46H,5-6,14-23H2,1-4H3,(H,45,47,48);4,7,9H,1,5-6H2,2-3H3,(H,10,11);1H2. The van der Waals surface area contributed by atoms with Gasteiger partial charge < -0.3 is 49.9 Å². The van der Waals surface area contributed by atoms with Crippen molar-refractivity contribution in [3.63, 3.8) is 0 Å². The molecule has 1 heterocycles. The number of aromatic nitrogens is 2. The van der Waals surface area contributed by atoms with E-state index in [-0.39, 0.29) is 40.9 Å². The maximum absolute atomic E-state index is 15.1. The highest BCUT2D eigenvalue weighted by atomic mass is 32.2. The Morgan fingerprint density at radius 3 is 2.10 bits per heavy atom. The smallest absolute Gasteiger partial charge is 0.236 e. The molecular formula is C49H69F2N9O7S. The van der Waals surface area contributed by atoms with Crippen LogP contribution in [0.1, 0.15) is 49.5 Å². The lowest BCUT2D eigenvalue weighted by Crippen LogP contribution is -2.40. The summed E-state index contributed by atoms with van der Waals surface area (Å²) in [6.07, 6.45) is 5.41. The van der Waals surface area contributed by atoms with E-state index in [1.807, 2.05) is 81.9 Å². The number of carbonyl (C=O) groups excluding carboxylic acids is 3. The highest BCUT2D eigenvalue weighted by Gasteiger charge is 2.20. The molecule has 16 nitrogen and oxygen atoms in total. The number of halogens is 2. The molecule has 0 saturated heterocycles. The van der Waals surface area contributed by atoms with E-state index in [0.717, 1.165) is 41.5 Å². The Morgan fingerprint density at radius 1 is 0.912 bits per heavy atom. The summed E-state index contributed by atoms with van der Waals surface area (Å²) in [5.41, 5.74) is 4.13. The van der Waals surface area contributed by atoms with Gasteiger partial charge in [-0.05, 0) is 114 Å². The highest BCUT2D eigenvalue weighted by Crippen LogP contribution is 2.37. The third-order valence-electron chi connectivity index (χ3n) is 9.89. The van der Waals surface area contributed by atoms with E-state index in [2.05, 4.69) is 54.2 Å². The Balaban J connectivity index is 0.00000107. The molecule has 0 saturated carbocycles. The van der Waals surface area contributed by atoms with Crippen LogP contribution >= 0.6 is 11.9 Å². The monoisotopic (exact) mass is 966 g/mol. The number of nitrogens with zero attached hydrogens (tertiary/aromatic N) is 4. The van der Waals surface area contributed by atoms with Gasteiger partial charge in [0.1, 0.15) is 24.5 Å². The lowest BCUT2D eigenvalue weighted by Gasteiger charge is -2.29. The Morgan fingerprint density at radius 2 is 1.54 bits per heavy atom. The van der Waals surface area contributed by atoms with Crippen molar-refractivity contribution in [3.8, 4) is 11.3 Å². The molecule has 0 bridgehead atoms. The molecule has 0 fully saturated rings. The van der Waals surface area contributed by atoms with Gasteiger partial charge in [-0.15, -0.1) is 6.58 Å². The Labute approximate surface area is 404 Å². The number of aliphatic imine (C=N–C) groups is 1. The number of rotatable bonds is 31. The fourth-order valence-electron chi connectivity index (χ4n) is 6.38. The van der Waals surface area contributed by atoms with Crippen molar-refractivity contribution in [1.82, 2.24) is 25.3 Å². The summed E-state index contributed by atoms with van der Waals surface area (Å²) in [6, 6.07) is 16.1. The second-order valence-corrected chi connectivity index (χ2v) is 15.7. The van der Waals surface area contributed by atoms with Crippen molar-refractivity contribution in [2.45, 2.75) is 57.5 Å². The number of aldehydes is 1. The maximum atomic E-state index is 15.1. The van der Waals surface area contributed by atoms with Crippen molar-refractivity contribution in [1.29, 1.82) is 0 Å². The molecule has 3 aromatic carbocycles. The van der Waals surface area contributed by atoms with Crippen LogP contribution in [0.2, 0.25) is 0 Å². The van der Waals surface area contributed by atoms with Gasteiger partial charge >= 0.3 is 0 Å². The van der Waals surface area contributed by atoms with Crippen LogP contribution in [-0.2, 0) is 28.5 Å². The molecule has 0 aliphatic heterocycles. The van der Waals surface area contributed by atoms with Crippen molar-refractivity contribution in [2.24, 2.45) is 4.99 Å². The molecule has 1 unspecified atom stereocenters. The van der Waals surface area contributed by atoms with Crippen LogP contribution < -0.4 is 30.9 Å². The molecule has 0 aliphatic carbocycles. The molecule has 4 rings (SSSR count). The Kier molecular flexibility index (Phi) is 29.7. The van der Waals surface area contributed by atoms with Crippen LogP contribution in [-0.4, -0.2) is 134 Å². The van der Waals surface area contributed by atoms with Gasteiger partial charge in [0, 0.05) is 60.1 Å². The number of amides is 1. The van der Waals surface area contributed by atoms with E-state index in [9.17, 15) is 14.0 Å². The Hall–Kier alpha value is -5.67. The summed E-state index contributed by atoms with van der Waals surface area (Å²) >= 11 is 1.47. The molecule has 1 aromatic heterocycles. The van der Waals surface area contributed by atoms with Crippen LogP contribution in [0.4, 0.5) is 37.5 Å². The van der Waals surface area contributed by atoms with Crippen LogP contribution in [0.25, 0.3) is 11.3 Å². The second-order valence-electron chi connectivity index (χ2n) is 14.7. The SMILES string of the molecule is C=CCCC(NC)C(=O)NC.C=Nc1c(F)cc(-c2nc(Nc3ccc(SNCCOCCOCCOCCOCCNc4cccc(C=O)c4C)cc3)ncc2F)cc1N(CC)C(C)C.C=O. The molecular weight excluding hydrogens is 897 g/mol. The minimum absolute atomic E-state index is 0.0265. The third kappa shape index (κ3) is 20.7.